The topological polar surface area (TPSA) is 55.1 Å². The molecule has 1 aliphatic carbocycles. The van der Waals surface area contributed by atoms with Crippen LogP contribution in [0.25, 0.3) is 0 Å². The van der Waals surface area contributed by atoms with Crippen molar-refractivity contribution in [3.8, 4) is 0 Å². The van der Waals surface area contributed by atoms with Gasteiger partial charge in [0.15, 0.2) is 0 Å². The molecule has 0 spiro atoms. The summed E-state index contributed by atoms with van der Waals surface area (Å²) in [4.78, 5) is 11.5. The highest BCUT2D eigenvalue weighted by molar-refractivity contribution is 5.76. The largest absolute Gasteiger partial charge is 0.352 e. The smallest absolute Gasteiger partial charge is 0.220 e. The van der Waals surface area contributed by atoms with Crippen LogP contribution in [-0.2, 0) is 4.79 Å². The third-order valence-electron chi connectivity index (χ3n) is 2.76. The Morgan fingerprint density at radius 3 is 2.64 bits per heavy atom. The van der Waals surface area contributed by atoms with Gasteiger partial charge in [-0.2, -0.15) is 0 Å². The van der Waals surface area contributed by atoms with Crippen LogP contribution >= 0.6 is 0 Å². The molecule has 2 atom stereocenters. The lowest BCUT2D eigenvalue weighted by Gasteiger charge is -2.29. The first kappa shape index (κ1) is 11.5. The summed E-state index contributed by atoms with van der Waals surface area (Å²) in [5.41, 5.74) is 5.94. The van der Waals surface area contributed by atoms with Gasteiger partial charge in [0.25, 0.3) is 0 Å². The minimum Gasteiger partial charge on any atom is -0.352 e. The van der Waals surface area contributed by atoms with Crippen molar-refractivity contribution >= 4 is 5.91 Å². The van der Waals surface area contributed by atoms with E-state index in [9.17, 15) is 4.79 Å². The van der Waals surface area contributed by atoms with Crippen LogP contribution in [0.1, 0.15) is 46.0 Å². The Morgan fingerprint density at radius 1 is 1.43 bits per heavy atom. The molecule has 0 aromatic carbocycles. The zero-order valence-corrected chi connectivity index (χ0v) is 9.25. The van der Waals surface area contributed by atoms with E-state index in [1.807, 2.05) is 0 Å². The van der Waals surface area contributed by atoms with E-state index in [1.165, 1.54) is 12.8 Å². The first-order valence-electron chi connectivity index (χ1n) is 5.64. The van der Waals surface area contributed by atoms with Crippen LogP contribution in [0.2, 0.25) is 0 Å². The van der Waals surface area contributed by atoms with Crippen LogP contribution in [0.4, 0.5) is 0 Å². The molecule has 1 fully saturated rings. The van der Waals surface area contributed by atoms with Gasteiger partial charge in [-0.3, -0.25) is 4.79 Å². The monoisotopic (exact) mass is 198 g/mol. The van der Waals surface area contributed by atoms with E-state index in [0.717, 1.165) is 12.8 Å². The Balaban J connectivity index is 2.31. The summed E-state index contributed by atoms with van der Waals surface area (Å²) < 4.78 is 0. The van der Waals surface area contributed by atoms with Crippen molar-refractivity contribution in [2.75, 3.05) is 0 Å². The molecule has 0 bridgehead atoms. The highest BCUT2D eigenvalue weighted by Gasteiger charge is 2.23. The molecule has 3 nitrogen and oxygen atoms in total. The van der Waals surface area contributed by atoms with Gasteiger partial charge in [-0.1, -0.05) is 26.7 Å². The molecule has 0 saturated heterocycles. The minimum absolute atomic E-state index is 0.155. The SMILES string of the molecule is CC(C)CC(=O)NC1CCCCC1N. The molecule has 2 unspecified atom stereocenters. The van der Waals surface area contributed by atoms with Gasteiger partial charge >= 0.3 is 0 Å². The summed E-state index contributed by atoms with van der Waals surface area (Å²) in [6.45, 7) is 4.11. The fourth-order valence-corrected chi connectivity index (χ4v) is 1.98. The van der Waals surface area contributed by atoms with Gasteiger partial charge < -0.3 is 11.1 Å². The average molecular weight is 198 g/mol. The molecule has 0 heterocycles. The van der Waals surface area contributed by atoms with Crippen molar-refractivity contribution < 1.29 is 4.79 Å². The second kappa shape index (κ2) is 5.35. The number of nitrogens with one attached hydrogen (secondary N) is 1. The van der Waals surface area contributed by atoms with Gasteiger partial charge in [-0.25, -0.2) is 0 Å². The zero-order valence-electron chi connectivity index (χ0n) is 9.25. The zero-order chi connectivity index (χ0) is 10.6. The summed E-state index contributed by atoms with van der Waals surface area (Å²) in [5, 5.41) is 3.04. The quantitative estimate of drug-likeness (QED) is 0.720. The lowest BCUT2D eigenvalue weighted by atomic mass is 9.91. The second-order valence-electron chi connectivity index (χ2n) is 4.72. The molecule has 3 heteroatoms. The van der Waals surface area contributed by atoms with Crippen molar-refractivity contribution in [2.24, 2.45) is 11.7 Å². The minimum atomic E-state index is 0.155. The molecule has 0 aromatic heterocycles. The highest BCUT2D eigenvalue weighted by atomic mass is 16.1. The summed E-state index contributed by atoms with van der Waals surface area (Å²) in [7, 11) is 0. The van der Waals surface area contributed by atoms with Gasteiger partial charge in [0.05, 0.1) is 0 Å². The van der Waals surface area contributed by atoms with Crippen LogP contribution in [0.15, 0.2) is 0 Å². The molecule has 0 radical (unpaired) electrons. The number of hydrogen-bond donors (Lipinski definition) is 2. The fraction of sp³-hybridized carbons (Fsp3) is 0.909. The molecule has 3 N–H and O–H groups in total. The number of hydrogen-bond acceptors (Lipinski definition) is 2. The Labute approximate surface area is 86.4 Å². The Hall–Kier alpha value is -0.570. The molecule has 82 valence electrons. The van der Waals surface area contributed by atoms with E-state index in [-0.39, 0.29) is 18.0 Å². The predicted molar refractivity (Wildman–Crippen MR) is 57.8 cm³/mol. The van der Waals surface area contributed by atoms with E-state index in [0.29, 0.717) is 12.3 Å². The fourth-order valence-electron chi connectivity index (χ4n) is 1.98. The van der Waals surface area contributed by atoms with E-state index in [1.54, 1.807) is 0 Å². The third-order valence-corrected chi connectivity index (χ3v) is 2.76. The third kappa shape index (κ3) is 3.66. The Bertz CT molecular complexity index is 192. The van der Waals surface area contributed by atoms with E-state index in [2.05, 4.69) is 19.2 Å². The van der Waals surface area contributed by atoms with Crippen LogP contribution in [0.3, 0.4) is 0 Å². The molecule has 1 aliphatic rings. The van der Waals surface area contributed by atoms with Crippen LogP contribution in [-0.4, -0.2) is 18.0 Å². The maximum Gasteiger partial charge on any atom is 0.220 e. The summed E-state index contributed by atoms with van der Waals surface area (Å²) in [6, 6.07) is 0.384. The Kier molecular flexibility index (Phi) is 4.39. The molecule has 1 saturated carbocycles. The highest BCUT2D eigenvalue weighted by Crippen LogP contribution is 2.17. The molecule has 1 amide bonds. The maximum absolute atomic E-state index is 11.5. The van der Waals surface area contributed by atoms with Gasteiger partial charge in [0.2, 0.25) is 5.91 Å². The van der Waals surface area contributed by atoms with E-state index < -0.39 is 0 Å². The number of carbonyl (C=O) groups is 1. The Morgan fingerprint density at radius 2 is 2.07 bits per heavy atom. The molecule has 0 aromatic rings. The first-order chi connectivity index (χ1) is 6.59. The van der Waals surface area contributed by atoms with Gasteiger partial charge in [-0.15, -0.1) is 0 Å². The average Bonchev–Trinajstić information content (AvgIpc) is 2.07. The molecule has 1 rings (SSSR count). The molecule has 14 heavy (non-hydrogen) atoms. The van der Waals surface area contributed by atoms with Crippen molar-refractivity contribution in [1.82, 2.24) is 5.32 Å². The van der Waals surface area contributed by atoms with E-state index in [4.69, 9.17) is 5.73 Å². The molecular formula is C11H22N2O. The van der Waals surface area contributed by atoms with Gasteiger partial charge in [-0.05, 0) is 18.8 Å². The van der Waals surface area contributed by atoms with Crippen LogP contribution in [0, 0.1) is 5.92 Å². The lowest BCUT2D eigenvalue weighted by Crippen LogP contribution is -2.49. The van der Waals surface area contributed by atoms with Crippen molar-refractivity contribution in [1.29, 1.82) is 0 Å². The first-order valence-corrected chi connectivity index (χ1v) is 5.64. The van der Waals surface area contributed by atoms with Gasteiger partial charge in [0, 0.05) is 18.5 Å². The standard InChI is InChI=1S/C11H22N2O/c1-8(2)7-11(14)13-10-6-4-3-5-9(10)12/h8-10H,3-7,12H2,1-2H3,(H,13,14). The second-order valence-corrected chi connectivity index (χ2v) is 4.72. The van der Waals surface area contributed by atoms with Crippen molar-refractivity contribution in [3.63, 3.8) is 0 Å². The van der Waals surface area contributed by atoms with E-state index >= 15 is 0 Å². The van der Waals surface area contributed by atoms with Crippen molar-refractivity contribution in [3.05, 3.63) is 0 Å². The summed E-state index contributed by atoms with van der Waals surface area (Å²) >= 11 is 0. The maximum atomic E-state index is 11.5. The predicted octanol–water partition coefficient (Wildman–Crippen LogP) is 1.42. The van der Waals surface area contributed by atoms with Gasteiger partial charge in [0.1, 0.15) is 0 Å². The number of carbonyl (C=O) groups excluding carboxylic acids is 1. The molecule has 0 aliphatic heterocycles. The normalized spacial score (nSPS) is 27.7. The number of rotatable bonds is 3. The van der Waals surface area contributed by atoms with Crippen LogP contribution < -0.4 is 11.1 Å². The molecular weight excluding hydrogens is 176 g/mol. The van der Waals surface area contributed by atoms with Crippen LogP contribution in [0.5, 0.6) is 0 Å². The lowest BCUT2D eigenvalue weighted by molar-refractivity contribution is -0.122. The summed E-state index contributed by atoms with van der Waals surface area (Å²) in [5.74, 6) is 0.581. The van der Waals surface area contributed by atoms with Crippen molar-refractivity contribution in [2.45, 2.75) is 58.0 Å². The number of amides is 1. The summed E-state index contributed by atoms with van der Waals surface area (Å²) in [6.07, 6.45) is 5.11. The number of nitrogens with two attached hydrogens (primary N) is 1.